The van der Waals surface area contributed by atoms with Crippen LogP contribution >= 0.6 is 0 Å². The Balaban J connectivity index is 0.00000280. The van der Waals surface area contributed by atoms with Gasteiger partial charge in [-0.1, -0.05) is 30.3 Å². The van der Waals surface area contributed by atoms with Crippen molar-refractivity contribution in [2.75, 3.05) is 5.32 Å². The Labute approximate surface area is 180 Å². The summed E-state index contributed by atoms with van der Waals surface area (Å²) in [5.74, 6) is -2.02. The summed E-state index contributed by atoms with van der Waals surface area (Å²) in [6.07, 6.45) is -4.45. The zero-order valence-electron chi connectivity index (χ0n) is 13.9. The van der Waals surface area contributed by atoms with Gasteiger partial charge in [-0.2, -0.15) is 13.2 Å². The van der Waals surface area contributed by atoms with Gasteiger partial charge in [0.25, 0.3) is 11.8 Å². The van der Waals surface area contributed by atoms with Crippen LogP contribution in [-0.4, -0.2) is 46.5 Å². The molecule has 1 unspecified atom stereocenters. The number of carbonyl (C=O) groups is 2. The number of halogens is 3. The molecule has 0 saturated heterocycles. The van der Waals surface area contributed by atoms with E-state index in [0.29, 0.717) is 0 Å². The fourth-order valence-electron chi connectivity index (χ4n) is 2.76. The van der Waals surface area contributed by atoms with Crippen LogP contribution in [0.2, 0.25) is 0 Å². The van der Waals surface area contributed by atoms with Crippen molar-refractivity contribution < 1.29 is 27.9 Å². The van der Waals surface area contributed by atoms with E-state index < -0.39 is 35.2 Å². The molecule has 2 amide bonds. The SMILES string of the molecule is O=C(Nc1ccc(C(F)(F)F)cc1)C1=C(O)CC(c2ccccc2)NC1=O.[NaH]. The molecule has 9 heteroatoms. The summed E-state index contributed by atoms with van der Waals surface area (Å²) in [5.41, 5.74) is -0.461. The standard InChI is InChI=1S/C19H15F3N2O3.Na.H/c20-19(21,22)12-6-8-13(9-7-12)23-17(26)16-15(25)10-14(24-18(16)27)11-4-2-1-3-5-11;;/h1-9,14,25H,10H2,(H,23,26)(H,24,27);;. The quantitative estimate of drug-likeness (QED) is 0.547. The number of benzene rings is 2. The molecule has 1 atom stereocenters. The third-order valence-corrected chi connectivity index (χ3v) is 4.12. The third kappa shape index (κ3) is 4.95. The monoisotopic (exact) mass is 400 g/mol. The Kier molecular flexibility index (Phi) is 6.92. The Morgan fingerprint density at radius 1 is 1.07 bits per heavy atom. The first-order chi connectivity index (χ1) is 12.8. The fourth-order valence-corrected chi connectivity index (χ4v) is 2.76. The second-order valence-corrected chi connectivity index (χ2v) is 5.99. The average molecular weight is 400 g/mol. The van der Waals surface area contributed by atoms with Crippen molar-refractivity contribution >= 4 is 47.1 Å². The van der Waals surface area contributed by atoms with E-state index in [1.165, 1.54) is 0 Å². The van der Waals surface area contributed by atoms with E-state index in [-0.39, 0.29) is 47.4 Å². The normalized spacial score (nSPS) is 16.8. The molecule has 1 aliphatic heterocycles. The van der Waals surface area contributed by atoms with Crippen molar-refractivity contribution in [1.29, 1.82) is 0 Å². The summed E-state index contributed by atoms with van der Waals surface area (Å²) in [4.78, 5) is 24.6. The molecule has 0 radical (unpaired) electrons. The number of aliphatic hydroxyl groups excluding tert-OH is 1. The maximum atomic E-state index is 12.6. The van der Waals surface area contributed by atoms with Crippen molar-refractivity contribution in [2.45, 2.75) is 18.6 Å². The van der Waals surface area contributed by atoms with E-state index in [2.05, 4.69) is 10.6 Å². The van der Waals surface area contributed by atoms with Crippen LogP contribution in [0.4, 0.5) is 18.9 Å². The molecular weight excluding hydrogens is 384 g/mol. The number of amides is 2. The van der Waals surface area contributed by atoms with Gasteiger partial charge < -0.3 is 15.7 Å². The Bertz CT molecular complexity index is 897. The summed E-state index contributed by atoms with van der Waals surface area (Å²) in [5, 5.41) is 15.1. The van der Waals surface area contributed by atoms with Crippen LogP contribution in [0.3, 0.4) is 0 Å². The van der Waals surface area contributed by atoms with Crippen LogP contribution in [-0.2, 0) is 15.8 Å². The van der Waals surface area contributed by atoms with E-state index in [9.17, 15) is 27.9 Å². The van der Waals surface area contributed by atoms with Gasteiger partial charge >= 0.3 is 35.7 Å². The molecule has 1 heterocycles. The van der Waals surface area contributed by atoms with Crippen molar-refractivity contribution in [3.63, 3.8) is 0 Å². The Morgan fingerprint density at radius 3 is 2.21 bits per heavy atom. The summed E-state index contributed by atoms with van der Waals surface area (Å²) in [7, 11) is 0. The third-order valence-electron chi connectivity index (χ3n) is 4.12. The predicted octanol–water partition coefficient (Wildman–Crippen LogP) is 3.07. The van der Waals surface area contributed by atoms with Gasteiger partial charge in [0, 0.05) is 12.1 Å². The van der Waals surface area contributed by atoms with Gasteiger partial charge in [0.05, 0.1) is 11.6 Å². The predicted molar refractivity (Wildman–Crippen MR) is 98.8 cm³/mol. The van der Waals surface area contributed by atoms with Crippen molar-refractivity contribution in [3.05, 3.63) is 77.1 Å². The van der Waals surface area contributed by atoms with E-state index >= 15 is 0 Å². The molecule has 0 aromatic heterocycles. The Hall–Kier alpha value is -2.29. The van der Waals surface area contributed by atoms with E-state index in [1.807, 2.05) is 6.07 Å². The molecule has 2 aromatic rings. The van der Waals surface area contributed by atoms with E-state index in [1.54, 1.807) is 24.3 Å². The van der Waals surface area contributed by atoms with Gasteiger partial charge in [0.1, 0.15) is 11.3 Å². The van der Waals surface area contributed by atoms with Crippen molar-refractivity contribution in [3.8, 4) is 0 Å². The Morgan fingerprint density at radius 2 is 1.68 bits per heavy atom. The molecule has 3 rings (SSSR count). The maximum absolute atomic E-state index is 12.6. The van der Waals surface area contributed by atoms with Crippen LogP contribution in [0.15, 0.2) is 65.9 Å². The molecule has 2 aromatic carbocycles. The molecule has 0 saturated carbocycles. The second-order valence-electron chi connectivity index (χ2n) is 5.99. The first-order valence-electron chi connectivity index (χ1n) is 8.02. The van der Waals surface area contributed by atoms with Gasteiger partial charge in [-0.3, -0.25) is 9.59 Å². The average Bonchev–Trinajstić information content (AvgIpc) is 2.61. The molecule has 5 nitrogen and oxygen atoms in total. The molecular formula is C19H16F3N2NaO3. The molecule has 3 N–H and O–H groups in total. The van der Waals surface area contributed by atoms with Crippen LogP contribution in [0.5, 0.6) is 0 Å². The van der Waals surface area contributed by atoms with E-state index in [0.717, 1.165) is 29.8 Å². The molecule has 1 aliphatic rings. The molecule has 0 aliphatic carbocycles. The number of rotatable bonds is 3. The minimum atomic E-state index is -4.49. The van der Waals surface area contributed by atoms with Gasteiger partial charge in [-0.25, -0.2) is 0 Å². The number of hydrogen-bond acceptors (Lipinski definition) is 3. The molecule has 0 spiro atoms. The first kappa shape index (κ1) is 22.0. The number of hydrogen-bond donors (Lipinski definition) is 3. The molecule has 28 heavy (non-hydrogen) atoms. The van der Waals surface area contributed by atoms with Gasteiger partial charge in [-0.15, -0.1) is 0 Å². The first-order valence-corrected chi connectivity index (χ1v) is 8.02. The van der Waals surface area contributed by atoms with Crippen LogP contribution < -0.4 is 10.6 Å². The fraction of sp³-hybridized carbons (Fsp3) is 0.158. The number of nitrogens with one attached hydrogen (secondary N) is 2. The molecule has 0 bridgehead atoms. The zero-order chi connectivity index (χ0) is 19.6. The molecule has 142 valence electrons. The summed E-state index contributed by atoms with van der Waals surface area (Å²) in [6, 6.07) is 12.3. The number of aliphatic hydroxyl groups is 1. The number of anilines is 1. The zero-order valence-corrected chi connectivity index (χ0v) is 13.9. The van der Waals surface area contributed by atoms with Crippen molar-refractivity contribution in [1.82, 2.24) is 5.32 Å². The summed E-state index contributed by atoms with van der Waals surface area (Å²) >= 11 is 0. The van der Waals surface area contributed by atoms with Crippen LogP contribution in [0.25, 0.3) is 0 Å². The van der Waals surface area contributed by atoms with Gasteiger partial charge in [0.2, 0.25) is 0 Å². The summed E-state index contributed by atoms with van der Waals surface area (Å²) in [6.45, 7) is 0. The topological polar surface area (TPSA) is 78.4 Å². The van der Waals surface area contributed by atoms with Gasteiger partial charge in [-0.05, 0) is 29.8 Å². The summed E-state index contributed by atoms with van der Waals surface area (Å²) < 4.78 is 37.7. The number of carbonyl (C=O) groups excluding carboxylic acids is 2. The van der Waals surface area contributed by atoms with Gasteiger partial charge in [0.15, 0.2) is 0 Å². The van der Waals surface area contributed by atoms with Crippen LogP contribution in [0.1, 0.15) is 23.6 Å². The van der Waals surface area contributed by atoms with Crippen LogP contribution in [0, 0.1) is 0 Å². The second kappa shape index (κ2) is 8.81. The van der Waals surface area contributed by atoms with E-state index in [4.69, 9.17) is 0 Å². The van der Waals surface area contributed by atoms with Crippen molar-refractivity contribution in [2.24, 2.45) is 0 Å². The minimum absolute atomic E-state index is 0. The number of alkyl halides is 3. The molecule has 0 fully saturated rings.